The summed E-state index contributed by atoms with van der Waals surface area (Å²) in [4.78, 5) is 1.88. The summed E-state index contributed by atoms with van der Waals surface area (Å²) in [5.41, 5.74) is 0. The van der Waals surface area contributed by atoms with Gasteiger partial charge in [0.2, 0.25) is 0 Å². The van der Waals surface area contributed by atoms with Gasteiger partial charge in [-0.3, -0.25) is 0 Å². The van der Waals surface area contributed by atoms with Crippen molar-refractivity contribution in [1.82, 2.24) is 10.2 Å². The van der Waals surface area contributed by atoms with Crippen LogP contribution >= 0.6 is 0 Å². The van der Waals surface area contributed by atoms with Crippen LogP contribution < -0.4 is 9.64 Å². The van der Waals surface area contributed by atoms with Crippen molar-refractivity contribution in [2.24, 2.45) is 0 Å². The molecule has 0 saturated heterocycles. The maximum atomic E-state index is 5.27. The van der Waals surface area contributed by atoms with Crippen molar-refractivity contribution in [3.05, 3.63) is 12.3 Å². The lowest BCUT2D eigenvalue weighted by Gasteiger charge is -2.10. The second-order valence-electron chi connectivity index (χ2n) is 2.58. The van der Waals surface area contributed by atoms with Crippen molar-refractivity contribution in [2.45, 2.75) is 6.92 Å². The minimum atomic E-state index is 0.651. The van der Waals surface area contributed by atoms with Gasteiger partial charge in [-0.1, -0.05) is 0 Å². The molecule has 0 N–H and O–H groups in total. The number of anilines is 1. The first-order chi connectivity index (χ1) is 5.74. The third-order valence-corrected chi connectivity index (χ3v) is 1.39. The van der Waals surface area contributed by atoms with Crippen molar-refractivity contribution < 1.29 is 4.74 Å². The molecule has 0 spiro atoms. The highest BCUT2D eigenvalue weighted by Crippen LogP contribution is 2.13. The average Bonchev–Trinajstić information content (AvgIpc) is 2.05. The Bertz CT molecular complexity index is 250. The van der Waals surface area contributed by atoms with Gasteiger partial charge in [0.1, 0.15) is 5.75 Å². The molecule has 0 aliphatic rings. The highest BCUT2D eigenvalue weighted by molar-refractivity contribution is 5.39. The second kappa shape index (κ2) is 3.90. The Hall–Kier alpha value is -1.32. The quantitative estimate of drug-likeness (QED) is 0.671. The van der Waals surface area contributed by atoms with Gasteiger partial charge in [0, 0.05) is 20.2 Å². The first kappa shape index (κ1) is 8.77. The van der Waals surface area contributed by atoms with E-state index < -0.39 is 0 Å². The lowest BCUT2D eigenvalue weighted by molar-refractivity contribution is 0.338. The largest absolute Gasteiger partial charge is 0.492 e. The molecule has 0 saturated carbocycles. The van der Waals surface area contributed by atoms with Crippen LogP contribution in [0.2, 0.25) is 0 Å². The van der Waals surface area contributed by atoms with Crippen LogP contribution in [-0.2, 0) is 0 Å². The summed E-state index contributed by atoms with van der Waals surface area (Å²) in [7, 11) is 3.83. The van der Waals surface area contributed by atoms with Gasteiger partial charge in [-0.2, -0.15) is 5.10 Å². The lowest BCUT2D eigenvalue weighted by Crippen LogP contribution is -2.11. The van der Waals surface area contributed by atoms with Gasteiger partial charge in [0.05, 0.1) is 12.8 Å². The number of hydrogen-bond donors (Lipinski definition) is 0. The third kappa shape index (κ3) is 2.08. The molecule has 0 amide bonds. The van der Waals surface area contributed by atoms with Gasteiger partial charge in [-0.25, -0.2) is 0 Å². The highest BCUT2D eigenvalue weighted by Gasteiger charge is 1.99. The van der Waals surface area contributed by atoms with Crippen LogP contribution in [0.4, 0.5) is 5.82 Å². The molecule has 1 aromatic heterocycles. The Morgan fingerprint density at radius 1 is 1.50 bits per heavy atom. The average molecular weight is 167 g/mol. The van der Waals surface area contributed by atoms with E-state index in [4.69, 9.17) is 4.74 Å². The summed E-state index contributed by atoms with van der Waals surface area (Å²) in [5, 5.41) is 7.72. The topological polar surface area (TPSA) is 38.3 Å². The minimum Gasteiger partial charge on any atom is -0.492 e. The van der Waals surface area contributed by atoms with Crippen molar-refractivity contribution in [3.63, 3.8) is 0 Å². The van der Waals surface area contributed by atoms with Crippen molar-refractivity contribution in [2.75, 3.05) is 25.6 Å². The molecule has 0 atom stereocenters. The van der Waals surface area contributed by atoms with Crippen LogP contribution in [0, 0.1) is 0 Å². The molecular formula is C8H13N3O. The third-order valence-electron chi connectivity index (χ3n) is 1.39. The molecule has 1 rings (SSSR count). The van der Waals surface area contributed by atoms with Crippen LogP contribution in [0.3, 0.4) is 0 Å². The molecule has 1 heterocycles. The zero-order chi connectivity index (χ0) is 8.97. The van der Waals surface area contributed by atoms with Gasteiger partial charge >= 0.3 is 0 Å². The molecule has 0 unspecified atom stereocenters. The number of hydrogen-bond acceptors (Lipinski definition) is 4. The van der Waals surface area contributed by atoms with Crippen molar-refractivity contribution >= 4 is 5.82 Å². The van der Waals surface area contributed by atoms with Crippen molar-refractivity contribution in [3.8, 4) is 5.75 Å². The fourth-order valence-corrected chi connectivity index (χ4v) is 0.802. The molecule has 0 fully saturated rings. The summed E-state index contributed by atoms with van der Waals surface area (Å²) in [6.07, 6.45) is 1.61. The van der Waals surface area contributed by atoms with E-state index in [1.807, 2.05) is 32.0 Å². The molecule has 4 heteroatoms. The maximum absolute atomic E-state index is 5.27. The van der Waals surface area contributed by atoms with Gasteiger partial charge in [-0.05, 0) is 6.92 Å². The molecule has 4 nitrogen and oxygen atoms in total. The molecule has 0 bridgehead atoms. The summed E-state index contributed by atoms with van der Waals surface area (Å²) in [6.45, 7) is 2.59. The summed E-state index contributed by atoms with van der Waals surface area (Å²) in [6, 6.07) is 1.86. The first-order valence-corrected chi connectivity index (χ1v) is 3.87. The number of rotatable bonds is 3. The number of nitrogens with zero attached hydrogens (tertiary/aromatic N) is 3. The smallest absolute Gasteiger partial charge is 0.154 e. The highest BCUT2D eigenvalue weighted by atomic mass is 16.5. The van der Waals surface area contributed by atoms with Crippen LogP contribution in [-0.4, -0.2) is 30.9 Å². The predicted molar refractivity (Wildman–Crippen MR) is 47.5 cm³/mol. The van der Waals surface area contributed by atoms with Crippen LogP contribution in [0.5, 0.6) is 5.75 Å². The Labute approximate surface area is 72.2 Å². The Kier molecular flexibility index (Phi) is 2.85. The standard InChI is InChI=1S/C8H13N3O/c1-4-12-7-5-8(11(2)3)10-9-6-7/h5-6H,4H2,1-3H3. The molecule has 0 aliphatic heterocycles. The summed E-state index contributed by atoms with van der Waals surface area (Å²) < 4.78 is 5.27. The van der Waals surface area contributed by atoms with E-state index in [9.17, 15) is 0 Å². The van der Waals surface area contributed by atoms with Crippen molar-refractivity contribution in [1.29, 1.82) is 0 Å². The van der Waals surface area contributed by atoms with E-state index >= 15 is 0 Å². The monoisotopic (exact) mass is 167 g/mol. The van der Waals surface area contributed by atoms with Gasteiger partial charge in [0.15, 0.2) is 5.82 Å². The molecule has 0 radical (unpaired) electrons. The van der Waals surface area contributed by atoms with Crippen LogP contribution in [0.1, 0.15) is 6.92 Å². The van der Waals surface area contributed by atoms with Crippen LogP contribution in [0.15, 0.2) is 12.3 Å². The first-order valence-electron chi connectivity index (χ1n) is 3.87. The predicted octanol–water partition coefficient (Wildman–Crippen LogP) is 0.941. The van der Waals surface area contributed by atoms with E-state index in [0.29, 0.717) is 6.61 Å². The normalized spacial score (nSPS) is 9.58. The fourth-order valence-electron chi connectivity index (χ4n) is 0.802. The Morgan fingerprint density at radius 3 is 2.83 bits per heavy atom. The SMILES string of the molecule is CCOc1cnnc(N(C)C)c1. The molecule has 0 aromatic carbocycles. The summed E-state index contributed by atoms with van der Waals surface area (Å²) >= 11 is 0. The minimum absolute atomic E-state index is 0.651. The molecule has 0 aliphatic carbocycles. The van der Waals surface area contributed by atoms with E-state index in [-0.39, 0.29) is 0 Å². The van der Waals surface area contributed by atoms with E-state index in [0.717, 1.165) is 11.6 Å². The van der Waals surface area contributed by atoms with E-state index in [1.54, 1.807) is 6.20 Å². The molecule has 12 heavy (non-hydrogen) atoms. The summed E-state index contributed by atoms with van der Waals surface area (Å²) in [5.74, 6) is 1.57. The number of aromatic nitrogens is 2. The van der Waals surface area contributed by atoms with Gasteiger partial charge in [-0.15, -0.1) is 5.10 Å². The maximum Gasteiger partial charge on any atom is 0.154 e. The lowest BCUT2D eigenvalue weighted by atomic mass is 10.5. The van der Waals surface area contributed by atoms with E-state index in [2.05, 4.69) is 10.2 Å². The molecular weight excluding hydrogens is 154 g/mol. The Balaban J connectivity index is 2.81. The zero-order valence-corrected chi connectivity index (χ0v) is 7.61. The molecule has 66 valence electrons. The number of ether oxygens (including phenoxy) is 1. The van der Waals surface area contributed by atoms with Gasteiger partial charge in [0.25, 0.3) is 0 Å². The van der Waals surface area contributed by atoms with Crippen LogP contribution in [0.25, 0.3) is 0 Å². The van der Waals surface area contributed by atoms with Gasteiger partial charge < -0.3 is 9.64 Å². The zero-order valence-electron chi connectivity index (χ0n) is 7.61. The second-order valence-corrected chi connectivity index (χ2v) is 2.58. The van der Waals surface area contributed by atoms with E-state index in [1.165, 1.54) is 0 Å². The fraction of sp³-hybridized carbons (Fsp3) is 0.500. The Morgan fingerprint density at radius 2 is 2.25 bits per heavy atom. The molecule has 1 aromatic rings.